The topological polar surface area (TPSA) is 34.4 Å². The van der Waals surface area contributed by atoms with Gasteiger partial charge in [0.25, 0.3) is 0 Å². The summed E-state index contributed by atoms with van der Waals surface area (Å²) < 4.78 is 48.6. The fourth-order valence-electron chi connectivity index (χ4n) is 1.94. The van der Waals surface area contributed by atoms with Crippen molar-refractivity contribution in [2.24, 2.45) is 0 Å². The number of benzene rings is 1. The monoisotopic (exact) mass is 299 g/mol. The second-order valence-corrected chi connectivity index (χ2v) is 4.64. The highest BCUT2D eigenvalue weighted by Gasteiger charge is 2.30. The van der Waals surface area contributed by atoms with Gasteiger partial charge >= 0.3 is 6.18 Å². The highest BCUT2D eigenvalue weighted by molar-refractivity contribution is 5.30. The van der Waals surface area contributed by atoms with Gasteiger partial charge in [-0.1, -0.05) is 6.07 Å². The standard InChI is InChI=1S/C15H16F3NO2/c1-10-11(8-19-2)6-14(21-10)9-20-13-5-3-4-12(7-13)15(16,17)18/h3-7,19H,8-9H2,1-2H3. The van der Waals surface area contributed by atoms with E-state index < -0.39 is 11.7 Å². The van der Waals surface area contributed by atoms with Crippen LogP contribution in [0.15, 0.2) is 34.7 Å². The molecule has 0 spiro atoms. The highest BCUT2D eigenvalue weighted by Crippen LogP contribution is 2.31. The molecule has 0 radical (unpaired) electrons. The summed E-state index contributed by atoms with van der Waals surface area (Å²) >= 11 is 0. The van der Waals surface area contributed by atoms with E-state index in [1.54, 1.807) is 0 Å². The largest absolute Gasteiger partial charge is 0.486 e. The molecule has 6 heteroatoms. The molecule has 0 unspecified atom stereocenters. The summed E-state index contributed by atoms with van der Waals surface area (Å²) in [5.41, 5.74) is 0.270. The number of aryl methyl sites for hydroxylation is 1. The van der Waals surface area contributed by atoms with Gasteiger partial charge in [-0.3, -0.25) is 0 Å². The predicted molar refractivity (Wildman–Crippen MR) is 72.0 cm³/mol. The summed E-state index contributed by atoms with van der Waals surface area (Å²) in [5.74, 6) is 1.51. The molecule has 0 atom stereocenters. The van der Waals surface area contributed by atoms with E-state index in [-0.39, 0.29) is 12.4 Å². The zero-order chi connectivity index (χ0) is 15.5. The van der Waals surface area contributed by atoms with Crippen molar-refractivity contribution in [3.8, 4) is 5.75 Å². The van der Waals surface area contributed by atoms with E-state index in [9.17, 15) is 13.2 Å². The molecular weight excluding hydrogens is 283 g/mol. The lowest BCUT2D eigenvalue weighted by Gasteiger charge is -2.09. The van der Waals surface area contributed by atoms with Gasteiger partial charge in [0.2, 0.25) is 0 Å². The van der Waals surface area contributed by atoms with Crippen LogP contribution in [0.1, 0.15) is 22.6 Å². The number of nitrogens with one attached hydrogen (secondary N) is 1. The van der Waals surface area contributed by atoms with E-state index in [1.807, 2.05) is 20.0 Å². The molecule has 1 aromatic carbocycles. The average molecular weight is 299 g/mol. The minimum absolute atomic E-state index is 0.0892. The molecule has 21 heavy (non-hydrogen) atoms. The highest BCUT2D eigenvalue weighted by atomic mass is 19.4. The normalized spacial score (nSPS) is 11.7. The first-order valence-corrected chi connectivity index (χ1v) is 6.43. The Morgan fingerprint density at radius 3 is 2.67 bits per heavy atom. The predicted octanol–water partition coefficient (Wildman–Crippen LogP) is 3.91. The average Bonchev–Trinajstić information content (AvgIpc) is 2.77. The first kappa shape index (κ1) is 15.4. The van der Waals surface area contributed by atoms with Gasteiger partial charge in [-0.2, -0.15) is 13.2 Å². The Morgan fingerprint density at radius 2 is 2.00 bits per heavy atom. The van der Waals surface area contributed by atoms with Gasteiger partial charge in [0.05, 0.1) is 5.56 Å². The molecule has 2 aromatic rings. The Bertz CT molecular complexity index is 605. The van der Waals surface area contributed by atoms with Crippen LogP contribution in [-0.4, -0.2) is 7.05 Å². The van der Waals surface area contributed by atoms with Crippen LogP contribution in [-0.2, 0) is 19.3 Å². The van der Waals surface area contributed by atoms with Crippen molar-refractivity contribution in [2.75, 3.05) is 7.05 Å². The van der Waals surface area contributed by atoms with Crippen LogP contribution >= 0.6 is 0 Å². The number of rotatable bonds is 5. The quantitative estimate of drug-likeness (QED) is 0.909. The van der Waals surface area contributed by atoms with E-state index >= 15 is 0 Å². The first-order chi connectivity index (χ1) is 9.90. The van der Waals surface area contributed by atoms with Gasteiger partial charge in [-0.15, -0.1) is 0 Å². The Hall–Kier alpha value is -1.95. The van der Waals surface area contributed by atoms with E-state index in [1.165, 1.54) is 12.1 Å². The number of ether oxygens (including phenoxy) is 1. The van der Waals surface area contributed by atoms with Crippen LogP contribution in [0, 0.1) is 6.92 Å². The van der Waals surface area contributed by atoms with Crippen LogP contribution in [0.4, 0.5) is 13.2 Å². The third kappa shape index (κ3) is 4.01. The second-order valence-electron chi connectivity index (χ2n) is 4.64. The Morgan fingerprint density at radius 1 is 1.24 bits per heavy atom. The van der Waals surface area contributed by atoms with Gasteiger partial charge in [0.15, 0.2) is 0 Å². The van der Waals surface area contributed by atoms with E-state index in [4.69, 9.17) is 9.15 Å². The number of alkyl halides is 3. The van der Waals surface area contributed by atoms with E-state index in [0.717, 1.165) is 23.5 Å². The van der Waals surface area contributed by atoms with Crippen LogP contribution in [0.25, 0.3) is 0 Å². The third-order valence-corrected chi connectivity index (χ3v) is 2.98. The Labute approximate surface area is 120 Å². The lowest BCUT2D eigenvalue weighted by molar-refractivity contribution is -0.137. The lowest BCUT2D eigenvalue weighted by Crippen LogP contribution is -2.05. The summed E-state index contributed by atoms with van der Waals surface area (Å²) in [6.07, 6.45) is -4.37. The maximum Gasteiger partial charge on any atom is 0.416 e. The molecule has 3 nitrogen and oxygen atoms in total. The van der Waals surface area contributed by atoms with Crippen molar-refractivity contribution < 1.29 is 22.3 Å². The summed E-state index contributed by atoms with van der Waals surface area (Å²) in [4.78, 5) is 0. The number of furan rings is 1. The maximum atomic E-state index is 12.6. The van der Waals surface area contributed by atoms with Crippen molar-refractivity contribution >= 4 is 0 Å². The first-order valence-electron chi connectivity index (χ1n) is 6.43. The molecule has 0 aliphatic heterocycles. The maximum absolute atomic E-state index is 12.6. The molecular formula is C15H16F3NO2. The molecule has 0 aliphatic carbocycles. The van der Waals surface area contributed by atoms with E-state index in [2.05, 4.69) is 5.32 Å². The van der Waals surface area contributed by atoms with Gasteiger partial charge in [0, 0.05) is 12.1 Å². The zero-order valence-corrected chi connectivity index (χ0v) is 11.8. The number of halogens is 3. The number of hydrogen-bond acceptors (Lipinski definition) is 3. The van der Waals surface area contributed by atoms with Gasteiger partial charge in [0.1, 0.15) is 23.9 Å². The smallest absolute Gasteiger partial charge is 0.416 e. The van der Waals surface area contributed by atoms with E-state index in [0.29, 0.717) is 12.3 Å². The van der Waals surface area contributed by atoms with Crippen molar-refractivity contribution in [3.05, 3.63) is 53.0 Å². The van der Waals surface area contributed by atoms with Crippen molar-refractivity contribution in [1.82, 2.24) is 5.32 Å². The van der Waals surface area contributed by atoms with Crippen LogP contribution < -0.4 is 10.1 Å². The van der Waals surface area contributed by atoms with Gasteiger partial charge < -0.3 is 14.5 Å². The van der Waals surface area contributed by atoms with Crippen molar-refractivity contribution in [1.29, 1.82) is 0 Å². The third-order valence-electron chi connectivity index (χ3n) is 2.98. The molecule has 114 valence electrons. The summed E-state index contributed by atoms with van der Waals surface area (Å²) in [5, 5.41) is 3.01. The Balaban J connectivity index is 2.04. The fourth-order valence-corrected chi connectivity index (χ4v) is 1.94. The molecule has 0 saturated heterocycles. The molecule has 2 rings (SSSR count). The summed E-state index contributed by atoms with van der Waals surface area (Å²) in [7, 11) is 1.82. The summed E-state index contributed by atoms with van der Waals surface area (Å²) in [6, 6.07) is 6.62. The fraction of sp³-hybridized carbons (Fsp3) is 0.333. The number of hydrogen-bond donors (Lipinski definition) is 1. The van der Waals surface area contributed by atoms with Gasteiger partial charge in [-0.05, 0) is 38.2 Å². The second kappa shape index (κ2) is 6.22. The SMILES string of the molecule is CNCc1cc(COc2cccc(C(F)(F)F)c2)oc1C. The molecule has 0 saturated carbocycles. The zero-order valence-electron chi connectivity index (χ0n) is 11.8. The van der Waals surface area contributed by atoms with Crippen molar-refractivity contribution in [3.63, 3.8) is 0 Å². The Kier molecular flexibility index (Phi) is 4.57. The van der Waals surface area contributed by atoms with Crippen LogP contribution in [0.5, 0.6) is 5.75 Å². The molecule has 0 aliphatic rings. The molecule has 0 bridgehead atoms. The minimum atomic E-state index is -4.37. The van der Waals surface area contributed by atoms with Gasteiger partial charge in [-0.25, -0.2) is 0 Å². The summed E-state index contributed by atoms with van der Waals surface area (Å²) in [6.45, 7) is 2.59. The van der Waals surface area contributed by atoms with Crippen LogP contribution in [0.3, 0.4) is 0 Å². The molecule has 0 amide bonds. The molecule has 1 N–H and O–H groups in total. The molecule has 0 fully saturated rings. The lowest BCUT2D eigenvalue weighted by atomic mass is 10.2. The van der Waals surface area contributed by atoms with Crippen LogP contribution in [0.2, 0.25) is 0 Å². The molecule has 1 heterocycles. The molecule has 1 aromatic heterocycles. The van der Waals surface area contributed by atoms with Crippen molar-refractivity contribution in [2.45, 2.75) is 26.3 Å². The minimum Gasteiger partial charge on any atom is -0.486 e.